The number of nitrogens with one attached hydrogen (secondary N) is 2. The van der Waals surface area contributed by atoms with Crippen LogP contribution in [0.3, 0.4) is 0 Å². The van der Waals surface area contributed by atoms with Crippen molar-refractivity contribution in [2.24, 2.45) is 0 Å². The Morgan fingerprint density at radius 3 is 1.84 bits per heavy atom. The van der Waals surface area contributed by atoms with Crippen LogP contribution in [0.15, 0.2) is 69.9 Å². The first kappa shape index (κ1) is 21.9. The van der Waals surface area contributed by atoms with Gasteiger partial charge in [0.05, 0.1) is 15.5 Å². The van der Waals surface area contributed by atoms with Crippen LogP contribution in [0.2, 0.25) is 0 Å². The Bertz CT molecular complexity index is 1350. The number of sulfonamides is 2. The molecule has 0 unspecified atom stereocenters. The predicted molar refractivity (Wildman–Crippen MR) is 118 cm³/mol. The van der Waals surface area contributed by atoms with Gasteiger partial charge in [-0.2, -0.15) is 0 Å². The molecule has 13 heteroatoms. The molecule has 166 valence electrons. The van der Waals surface area contributed by atoms with E-state index in [1.807, 2.05) is 0 Å². The molecule has 2 N–H and O–H groups in total. The van der Waals surface area contributed by atoms with Gasteiger partial charge < -0.3 is 0 Å². The summed E-state index contributed by atoms with van der Waals surface area (Å²) in [6.07, 6.45) is 1.73. The number of carbonyl (C=O) groups is 2. The number of imide groups is 1. The molecule has 1 aromatic heterocycles. The number of nitrogens with zero attached hydrogens (tertiary/aromatic N) is 2. The summed E-state index contributed by atoms with van der Waals surface area (Å²) in [6, 6.07) is 10.5. The monoisotopic (exact) mass is 492 g/mol. The number of benzene rings is 2. The molecule has 10 nitrogen and oxygen atoms in total. The first-order valence-electron chi connectivity index (χ1n) is 9.17. The summed E-state index contributed by atoms with van der Waals surface area (Å²) in [7, 11) is -7.84. The quantitative estimate of drug-likeness (QED) is 0.482. The van der Waals surface area contributed by atoms with E-state index in [1.165, 1.54) is 54.7 Å². The van der Waals surface area contributed by atoms with E-state index in [0.29, 0.717) is 5.69 Å². The highest BCUT2D eigenvalue weighted by molar-refractivity contribution is 7.93. The normalized spacial score (nSPS) is 14.6. The molecule has 1 saturated heterocycles. The van der Waals surface area contributed by atoms with E-state index in [4.69, 9.17) is 0 Å². The minimum absolute atomic E-state index is 0.0556. The van der Waals surface area contributed by atoms with Crippen molar-refractivity contribution in [3.63, 3.8) is 0 Å². The van der Waals surface area contributed by atoms with Gasteiger partial charge in [0.1, 0.15) is 0 Å². The molecule has 1 aliphatic rings. The minimum Gasteiger partial charge on any atom is -0.280 e. The molecule has 1 aliphatic heterocycles. The molecular formula is C19H16N4O6S3. The van der Waals surface area contributed by atoms with Crippen molar-refractivity contribution < 1.29 is 26.4 Å². The molecular weight excluding hydrogens is 476 g/mol. The Morgan fingerprint density at radius 2 is 1.31 bits per heavy atom. The fraction of sp³-hybridized carbons (Fsp3) is 0.105. The van der Waals surface area contributed by atoms with Crippen molar-refractivity contribution in [1.82, 2.24) is 4.98 Å². The van der Waals surface area contributed by atoms with Gasteiger partial charge in [-0.3, -0.25) is 23.9 Å². The zero-order valence-corrected chi connectivity index (χ0v) is 18.7. The molecule has 32 heavy (non-hydrogen) atoms. The number of thiazole rings is 1. The highest BCUT2D eigenvalue weighted by Crippen LogP contribution is 2.25. The standard InChI is InChI=1S/C19H16N4O6S3/c24-17-9-10-18(25)23(17)14-3-7-16(8-4-14)31(26,27)21-13-1-5-15(6-2-13)32(28,29)22-19-20-11-12-30-19/h1-8,11-12,21H,9-10H2,(H,20,22). The van der Waals surface area contributed by atoms with Crippen molar-refractivity contribution >= 4 is 59.7 Å². The molecule has 2 aromatic carbocycles. The predicted octanol–water partition coefficient (Wildman–Crippen LogP) is 2.40. The van der Waals surface area contributed by atoms with E-state index in [2.05, 4.69) is 14.4 Å². The second kappa shape index (κ2) is 8.33. The maximum Gasteiger partial charge on any atom is 0.263 e. The molecule has 2 heterocycles. The van der Waals surface area contributed by atoms with Crippen LogP contribution >= 0.6 is 11.3 Å². The Kier molecular flexibility index (Phi) is 5.71. The summed E-state index contributed by atoms with van der Waals surface area (Å²) >= 11 is 1.13. The molecule has 4 rings (SSSR count). The van der Waals surface area contributed by atoms with Crippen molar-refractivity contribution in [3.05, 3.63) is 60.1 Å². The molecule has 0 atom stereocenters. The Hall–Kier alpha value is -3.29. The number of hydrogen-bond acceptors (Lipinski definition) is 8. The zero-order chi connectivity index (χ0) is 22.9. The van der Waals surface area contributed by atoms with Crippen LogP contribution in [0.5, 0.6) is 0 Å². The van der Waals surface area contributed by atoms with Gasteiger partial charge in [0.15, 0.2) is 5.13 Å². The second-order valence-corrected chi connectivity index (χ2v) is 10.9. The summed E-state index contributed by atoms with van der Waals surface area (Å²) in [6.45, 7) is 0. The summed E-state index contributed by atoms with van der Waals surface area (Å²) in [5.41, 5.74) is 0.464. The third-order valence-corrected chi connectivity index (χ3v) is 8.10. The molecule has 0 saturated carbocycles. The van der Waals surface area contributed by atoms with Crippen molar-refractivity contribution in [2.45, 2.75) is 22.6 Å². The van der Waals surface area contributed by atoms with E-state index < -0.39 is 20.0 Å². The molecule has 1 fully saturated rings. The van der Waals surface area contributed by atoms with Crippen molar-refractivity contribution in [1.29, 1.82) is 0 Å². The summed E-state index contributed by atoms with van der Waals surface area (Å²) in [4.78, 5) is 28.4. The largest absolute Gasteiger partial charge is 0.280 e. The van der Waals surface area contributed by atoms with Crippen molar-refractivity contribution in [3.8, 4) is 0 Å². The SMILES string of the molecule is O=C1CCC(=O)N1c1ccc(S(=O)(=O)Nc2ccc(S(=O)(=O)Nc3nccs3)cc2)cc1. The fourth-order valence-corrected chi connectivity index (χ4v) is 5.85. The van der Waals surface area contributed by atoms with Gasteiger partial charge in [0.25, 0.3) is 20.0 Å². The number of rotatable bonds is 7. The van der Waals surface area contributed by atoms with E-state index in [0.717, 1.165) is 16.2 Å². The average Bonchev–Trinajstić information content (AvgIpc) is 3.37. The molecule has 0 radical (unpaired) electrons. The van der Waals surface area contributed by atoms with Gasteiger partial charge in [0, 0.05) is 30.1 Å². The molecule has 0 bridgehead atoms. The third kappa shape index (κ3) is 4.49. The lowest BCUT2D eigenvalue weighted by Crippen LogP contribution is -2.28. The van der Waals surface area contributed by atoms with Gasteiger partial charge in [-0.25, -0.2) is 21.8 Å². The first-order chi connectivity index (χ1) is 15.2. The van der Waals surface area contributed by atoms with Crippen LogP contribution in [-0.2, 0) is 29.6 Å². The Labute approximate surface area is 188 Å². The lowest BCUT2D eigenvalue weighted by molar-refractivity contribution is -0.121. The molecule has 2 amide bonds. The number of amides is 2. The Morgan fingerprint density at radius 1 is 0.781 bits per heavy atom. The van der Waals surface area contributed by atoms with E-state index in [9.17, 15) is 26.4 Å². The van der Waals surface area contributed by atoms with Crippen LogP contribution in [0.25, 0.3) is 0 Å². The smallest absolute Gasteiger partial charge is 0.263 e. The van der Waals surface area contributed by atoms with Gasteiger partial charge in [-0.1, -0.05) is 0 Å². The van der Waals surface area contributed by atoms with Crippen LogP contribution in [0, 0.1) is 0 Å². The lowest BCUT2D eigenvalue weighted by Gasteiger charge is -2.14. The topological polar surface area (TPSA) is 143 Å². The number of carbonyl (C=O) groups excluding carboxylic acids is 2. The van der Waals surface area contributed by atoms with Crippen LogP contribution in [0.1, 0.15) is 12.8 Å². The summed E-state index contributed by atoms with van der Waals surface area (Å²) in [5.74, 6) is -0.661. The van der Waals surface area contributed by atoms with Crippen LogP contribution < -0.4 is 14.3 Å². The minimum atomic E-state index is -3.98. The first-order valence-corrected chi connectivity index (χ1v) is 13.0. The number of aromatic nitrogens is 1. The zero-order valence-electron chi connectivity index (χ0n) is 16.3. The molecule has 3 aromatic rings. The number of anilines is 3. The molecule has 0 aliphatic carbocycles. The summed E-state index contributed by atoms with van der Waals surface area (Å²) < 4.78 is 54.8. The van der Waals surface area contributed by atoms with Gasteiger partial charge in [-0.05, 0) is 48.5 Å². The summed E-state index contributed by atoms with van der Waals surface area (Å²) in [5, 5.41) is 1.85. The van der Waals surface area contributed by atoms with E-state index >= 15 is 0 Å². The van der Waals surface area contributed by atoms with Crippen LogP contribution in [0.4, 0.5) is 16.5 Å². The van der Waals surface area contributed by atoms with E-state index in [1.54, 1.807) is 5.38 Å². The van der Waals surface area contributed by atoms with Gasteiger partial charge in [0.2, 0.25) is 11.8 Å². The third-order valence-electron chi connectivity index (χ3n) is 4.53. The second-order valence-electron chi connectivity index (χ2n) is 6.69. The maximum atomic E-state index is 12.7. The highest BCUT2D eigenvalue weighted by atomic mass is 32.2. The van der Waals surface area contributed by atoms with Gasteiger partial charge in [-0.15, -0.1) is 11.3 Å². The lowest BCUT2D eigenvalue weighted by atomic mass is 10.3. The van der Waals surface area contributed by atoms with Crippen LogP contribution in [-0.4, -0.2) is 33.6 Å². The van der Waals surface area contributed by atoms with Gasteiger partial charge >= 0.3 is 0 Å². The van der Waals surface area contributed by atoms with E-state index in [-0.39, 0.29) is 45.3 Å². The van der Waals surface area contributed by atoms with Crippen molar-refractivity contribution in [2.75, 3.05) is 14.3 Å². The fourth-order valence-electron chi connectivity index (χ4n) is 3.00. The highest BCUT2D eigenvalue weighted by Gasteiger charge is 2.30. The Balaban J connectivity index is 1.48. The average molecular weight is 493 g/mol. The molecule has 0 spiro atoms. The number of hydrogen-bond donors (Lipinski definition) is 2. The maximum absolute atomic E-state index is 12.7.